The Labute approximate surface area is 160 Å². The van der Waals surface area contributed by atoms with Gasteiger partial charge < -0.3 is 9.13 Å². The summed E-state index contributed by atoms with van der Waals surface area (Å²) in [7, 11) is 3.89. The van der Waals surface area contributed by atoms with E-state index >= 15 is 0 Å². The number of benzene rings is 2. The predicted molar refractivity (Wildman–Crippen MR) is 92.8 cm³/mol. The monoisotopic (exact) mass is 508 g/mol. The van der Waals surface area contributed by atoms with E-state index in [1.165, 1.54) is 0 Å². The molecule has 0 amide bonds. The Hall–Kier alpha value is -2.56. The van der Waals surface area contributed by atoms with Crippen LogP contribution in [0.1, 0.15) is 0 Å². The Balaban J connectivity index is 0.000000173. The molecule has 0 unspecified atom stereocenters. The van der Waals surface area contributed by atoms with E-state index in [4.69, 9.17) is 0 Å². The Kier molecular flexibility index (Phi) is 6.80. The molecule has 129 valence electrons. The van der Waals surface area contributed by atoms with Gasteiger partial charge in [0.05, 0.1) is 11.6 Å². The van der Waals surface area contributed by atoms with E-state index in [0.717, 1.165) is 22.8 Å². The molecular weight excluding hydrogens is 490 g/mol. The van der Waals surface area contributed by atoms with E-state index in [1.54, 1.807) is 12.5 Å². The Morgan fingerprint density at radius 1 is 0.840 bits per heavy atom. The van der Waals surface area contributed by atoms with Crippen LogP contribution >= 0.6 is 0 Å². The number of hydrogen-bond acceptors (Lipinski definition) is 3. The minimum absolute atomic E-state index is 0. The minimum atomic E-state index is 0. The van der Waals surface area contributed by atoms with E-state index < -0.39 is 0 Å². The van der Waals surface area contributed by atoms with Crippen LogP contribution in [0.2, 0.25) is 0 Å². The molecule has 0 aliphatic carbocycles. The summed E-state index contributed by atoms with van der Waals surface area (Å²) < 4.78 is 3.84. The molecule has 5 nitrogen and oxygen atoms in total. The first-order valence-electron chi connectivity index (χ1n) is 7.51. The summed E-state index contributed by atoms with van der Waals surface area (Å²) >= 11 is 0. The first-order chi connectivity index (χ1) is 11.8. The van der Waals surface area contributed by atoms with Gasteiger partial charge in [0.15, 0.2) is 0 Å². The van der Waals surface area contributed by atoms with Crippen LogP contribution in [0.5, 0.6) is 0 Å². The summed E-state index contributed by atoms with van der Waals surface area (Å²) in [5.74, 6) is 1.80. The number of nitrogens with zero attached hydrogens (tertiary/aromatic N) is 5. The molecule has 0 N–H and O–H groups in total. The molecule has 0 atom stereocenters. The van der Waals surface area contributed by atoms with Gasteiger partial charge in [-0.25, -0.2) is 0 Å². The van der Waals surface area contributed by atoms with Gasteiger partial charge in [0.1, 0.15) is 6.33 Å². The van der Waals surface area contributed by atoms with Gasteiger partial charge in [-0.1, -0.05) is 0 Å². The van der Waals surface area contributed by atoms with Crippen LogP contribution < -0.4 is 0 Å². The first kappa shape index (κ1) is 18.8. The zero-order valence-corrected chi connectivity index (χ0v) is 16.3. The Morgan fingerprint density at radius 2 is 1.48 bits per heavy atom. The van der Waals surface area contributed by atoms with Crippen molar-refractivity contribution in [3.05, 3.63) is 79.4 Å². The maximum absolute atomic E-state index is 4.22. The second-order valence-electron chi connectivity index (χ2n) is 5.18. The molecule has 0 fully saturated rings. The van der Waals surface area contributed by atoms with Gasteiger partial charge in [-0.15, -0.1) is 76.9 Å². The standard InChI is InChI=1S/C10H9N2.C9H8N3.Ir/c1-12-8-7-11-10(12)9-5-3-2-4-6-9;1-12-7-10-11-9(12)8-5-3-2-4-6-8;/h2-5,7-8H,1H3;2-5,7H,1H3;/q2*-1;. The quantitative estimate of drug-likeness (QED) is 0.392. The van der Waals surface area contributed by atoms with Gasteiger partial charge in [0, 0.05) is 46.6 Å². The van der Waals surface area contributed by atoms with E-state index in [0.29, 0.717) is 0 Å². The molecule has 1 radical (unpaired) electrons. The van der Waals surface area contributed by atoms with E-state index in [-0.39, 0.29) is 20.1 Å². The molecule has 4 aromatic rings. The van der Waals surface area contributed by atoms with Crippen molar-refractivity contribution < 1.29 is 20.1 Å². The summed E-state index contributed by atoms with van der Waals surface area (Å²) in [6.07, 6.45) is 5.39. The maximum atomic E-state index is 4.22. The number of rotatable bonds is 2. The Morgan fingerprint density at radius 3 is 1.92 bits per heavy atom. The normalized spacial score (nSPS) is 9.68. The summed E-state index contributed by atoms with van der Waals surface area (Å²) in [4.78, 5) is 4.22. The fourth-order valence-electron chi connectivity index (χ4n) is 2.22. The number of hydrogen-bond donors (Lipinski definition) is 0. The summed E-state index contributed by atoms with van der Waals surface area (Å²) in [5.41, 5.74) is 2.00. The van der Waals surface area contributed by atoms with E-state index in [1.807, 2.05) is 78.0 Å². The van der Waals surface area contributed by atoms with Crippen LogP contribution in [0.4, 0.5) is 0 Å². The molecule has 0 spiro atoms. The molecule has 0 saturated carbocycles. The van der Waals surface area contributed by atoms with Crippen LogP contribution in [0.3, 0.4) is 0 Å². The molecule has 2 aromatic carbocycles. The largest absolute Gasteiger partial charge is 0.373 e. The van der Waals surface area contributed by atoms with Crippen LogP contribution in [-0.4, -0.2) is 24.3 Å². The predicted octanol–water partition coefficient (Wildman–Crippen LogP) is 3.17. The van der Waals surface area contributed by atoms with Crippen molar-refractivity contribution in [1.29, 1.82) is 0 Å². The van der Waals surface area contributed by atoms with Gasteiger partial charge in [0.25, 0.3) is 0 Å². The van der Waals surface area contributed by atoms with E-state index in [2.05, 4.69) is 27.3 Å². The van der Waals surface area contributed by atoms with Crippen molar-refractivity contribution in [2.75, 3.05) is 0 Å². The SMILES string of the molecule is Cn1ccnc1-c1[c-]cccc1.Cn1cnnc1-c1[c-]cccc1.[Ir]. The third-order valence-electron chi connectivity index (χ3n) is 3.43. The molecule has 0 aliphatic rings. The molecule has 4 rings (SSSR count). The third-order valence-corrected chi connectivity index (χ3v) is 3.43. The van der Waals surface area contributed by atoms with Crippen molar-refractivity contribution in [3.63, 3.8) is 0 Å². The van der Waals surface area contributed by atoms with Crippen molar-refractivity contribution in [1.82, 2.24) is 24.3 Å². The van der Waals surface area contributed by atoms with E-state index in [9.17, 15) is 0 Å². The van der Waals surface area contributed by atoms with Crippen molar-refractivity contribution >= 4 is 0 Å². The second kappa shape index (κ2) is 9.06. The smallest absolute Gasteiger partial charge is 0.110 e. The number of imidazole rings is 1. The van der Waals surface area contributed by atoms with Crippen molar-refractivity contribution in [2.45, 2.75) is 0 Å². The summed E-state index contributed by atoms with van der Waals surface area (Å²) in [6, 6.07) is 21.8. The van der Waals surface area contributed by atoms with Crippen LogP contribution in [0, 0.1) is 12.1 Å². The van der Waals surface area contributed by atoms with Crippen molar-refractivity contribution in [3.8, 4) is 22.8 Å². The maximum Gasteiger partial charge on any atom is 0.110 e. The second-order valence-corrected chi connectivity index (χ2v) is 5.18. The van der Waals surface area contributed by atoms with Crippen LogP contribution in [0.15, 0.2) is 67.3 Å². The molecule has 0 bridgehead atoms. The Bertz CT molecular complexity index is 809. The average molecular weight is 508 g/mol. The fourth-order valence-corrected chi connectivity index (χ4v) is 2.22. The molecule has 0 aliphatic heterocycles. The molecule has 2 aromatic heterocycles. The zero-order valence-electron chi connectivity index (χ0n) is 13.9. The van der Waals surface area contributed by atoms with Gasteiger partial charge in [-0.05, 0) is 0 Å². The van der Waals surface area contributed by atoms with Gasteiger partial charge >= 0.3 is 0 Å². The molecular formula is C19H17IrN5-2. The molecule has 0 saturated heterocycles. The first-order valence-corrected chi connectivity index (χ1v) is 7.51. The van der Waals surface area contributed by atoms with Crippen molar-refractivity contribution in [2.24, 2.45) is 14.1 Å². The molecule has 6 heteroatoms. The van der Waals surface area contributed by atoms with Crippen LogP contribution in [-0.2, 0) is 34.2 Å². The summed E-state index contributed by atoms with van der Waals surface area (Å²) in [5, 5.41) is 7.76. The number of aryl methyl sites for hydroxylation is 2. The van der Waals surface area contributed by atoms with Gasteiger partial charge in [-0.3, -0.25) is 4.98 Å². The zero-order chi connectivity index (χ0) is 16.8. The topological polar surface area (TPSA) is 48.5 Å². The van der Waals surface area contributed by atoms with Gasteiger partial charge in [-0.2, -0.15) is 5.10 Å². The summed E-state index contributed by atoms with van der Waals surface area (Å²) in [6.45, 7) is 0. The van der Waals surface area contributed by atoms with Gasteiger partial charge in [0.2, 0.25) is 0 Å². The fraction of sp³-hybridized carbons (Fsp3) is 0.105. The molecule has 2 heterocycles. The minimum Gasteiger partial charge on any atom is -0.373 e. The van der Waals surface area contributed by atoms with Crippen LogP contribution in [0.25, 0.3) is 22.8 Å². The number of aromatic nitrogens is 5. The molecule has 25 heavy (non-hydrogen) atoms. The third kappa shape index (κ3) is 4.72. The average Bonchev–Trinajstić information content (AvgIpc) is 3.25.